The SMILES string of the molecule is CC(C)c1cccc(C(C)C)c1[N+]1=CC(c2ccccc2)[N+](C)=N1. The molecule has 0 amide bonds. The minimum absolute atomic E-state index is 0.173. The lowest BCUT2D eigenvalue weighted by atomic mass is 9.92. The van der Waals surface area contributed by atoms with Gasteiger partial charge in [0, 0.05) is 21.4 Å². The van der Waals surface area contributed by atoms with Gasteiger partial charge in [-0.2, -0.15) is 0 Å². The van der Waals surface area contributed by atoms with Gasteiger partial charge in [0.2, 0.25) is 0 Å². The van der Waals surface area contributed by atoms with Crippen LogP contribution in [0.2, 0.25) is 0 Å². The number of benzene rings is 2. The number of hydrogen-bond donors (Lipinski definition) is 0. The van der Waals surface area contributed by atoms with Gasteiger partial charge >= 0.3 is 0 Å². The Hall–Kier alpha value is -2.29. The summed E-state index contributed by atoms with van der Waals surface area (Å²) in [5.41, 5.74) is 5.21. The van der Waals surface area contributed by atoms with Gasteiger partial charge in [-0.15, -0.1) is 0 Å². The zero-order chi connectivity index (χ0) is 17.3. The van der Waals surface area contributed by atoms with Gasteiger partial charge in [0.1, 0.15) is 0 Å². The molecule has 1 heterocycles. The van der Waals surface area contributed by atoms with E-state index in [-0.39, 0.29) is 6.04 Å². The topological polar surface area (TPSA) is 18.4 Å². The molecular weight excluding hydrogens is 294 g/mol. The van der Waals surface area contributed by atoms with Gasteiger partial charge < -0.3 is 0 Å². The minimum Gasteiger partial charge on any atom is -0.0622 e. The fraction of sp³-hybridized carbons (Fsp3) is 0.381. The van der Waals surface area contributed by atoms with Crippen molar-refractivity contribution in [3.05, 3.63) is 65.2 Å². The summed E-state index contributed by atoms with van der Waals surface area (Å²) in [6.07, 6.45) is 2.22. The van der Waals surface area contributed by atoms with Crippen LogP contribution in [0.3, 0.4) is 0 Å². The molecule has 0 bridgehead atoms. The standard InChI is InChI=1S/C21H27N3/c1-15(2)18-12-9-13-19(16(3)4)21(18)24-14-20(23(5)22-24)17-10-7-6-8-11-17/h6-16,20H,1-5H3/q+2. The smallest absolute Gasteiger partial charge is 0.0622 e. The molecule has 0 aromatic heterocycles. The average molecular weight is 321 g/mol. The normalized spacial score (nSPS) is 17.4. The zero-order valence-electron chi connectivity index (χ0n) is 15.3. The Balaban J connectivity index is 2.13. The van der Waals surface area contributed by atoms with Gasteiger partial charge in [-0.05, 0) is 11.8 Å². The molecule has 1 atom stereocenters. The predicted molar refractivity (Wildman–Crippen MR) is 98.4 cm³/mol. The van der Waals surface area contributed by atoms with E-state index in [2.05, 4.69) is 87.1 Å². The molecular formula is C21H27N3+2. The lowest BCUT2D eigenvalue weighted by molar-refractivity contribution is -0.668. The predicted octanol–water partition coefficient (Wildman–Crippen LogP) is 5.41. The summed E-state index contributed by atoms with van der Waals surface area (Å²) in [6.45, 7) is 8.99. The summed E-state index contributed by atoms with van der Waals surface area (Å²) >= 11 is 0. The Kier molecular flexibility index (Phi) is 4.61. The van der Waals surface area contributed by atoms with Crippen LogP contribution in [0.25, 0.3) is 0 Å². The molecule has 0 saturated carbocycles. The van der Waals surface area contributed by atoms with Crippen molar-refractivity contribution in [2.45, 2.75) is 45.6 Å². The first kappa shape index (κ1) is 16.6. The van der Waals surface area contributed by atoms with Crippen LogP contribution in [-0.2, 0) is 0 Å². The first-order chi connectivity index (χ1) is 11.5. The molecule has 3 heteroatoms. The number of hydrogen-bond acceptors (Lipinski definition) is 1. The van der Waals surface area contributed by atoms with Crippen molar-refractivity contribution in [3.8, 4) is 0 Å². The quantitative estimate of drug-likeness (QED) is 0.670. The second kappa shape index (κ2) is 6.68. The maximum absolute atomic E-state index is 4.81. The summed E-state index contributed by atoms with van der Waals surface area (Å²) in [4.78, 5) is 0. The van der Waals surface area contributed by atoms with Crippen molar-refractivity contribution in [1.82, 2.24) is 0 Å². The van der Waals surface area contributed by atoms with Crippen molar-refractivity contribution >= 4 is 11.9 Å². The fourth-order valence-corrected chi connectivity index (χ4v) is 3.32. The third kappa shape index (κ3) is 3.03. The molecule has 0 N–H and O–H groups in total. The molecule has 0 spiro atoms. The molecule has 2 aromatic rings. The van der Waals surface area contributed by atoms with Gasteiger partial charge in [0.15, 0.2) is 7.05 Å². The largest absolute Gasteiger partial charge is 0.287 e. The highest BCUT2D eigenvalue weighted by atomic mass is 15.6. The van der Waals surface area contributed by atoms with E-state index in [0.29, 0.717) is 11.8 Å². The van der Waals surface area contributed by atoms with Crippen LogP contribution in [0.4, 0.5) is 5.69 Å². The van der Waals surface area contributed by atoms with Crippen LogP contribution in [0.5, 0.6) is 0 Å². The Morgan fingerprint density at radius 1 is 0.833 bits per heavy atom. The highest BCUT2D eigenvalue weighted by molar-refractivity contribution is 5.64. The van der Waals surface area contributed by atoms with E-state index in [0.717, 1.165) is 0 Å². The van der Waals surface area contributed by atoms with Crippen LogP contribution in [-0.4, -0.2) is 22.6 Å². The Morgan fingerprint density at radius 3 is 1.96 bits per heavy atom. The number of rotatable bonds is 4. The van der Waals surface area contributed by atoms with Gasteiger partial charge in [-0.3, -0.25) is 0 Å². The lowest BCUT2D eigenvalue weighted by Crippen LogP contribution is -2.10. The molecule has 1 aliphatic heterocycles. The van der Waals surface area contributed by atoms with Crippen molar-refractivity contribution in [2.75, 3.05) is 7.05 Å². The molecule has 3 rings (SSSR count). The highest BCUT2D eigenvalue weighted by Crippen LogP contribution is 2.36. The molecule has 0 aliphatic carbocycles. The molecule has 1 aliphatic rings. The first-order valence-corrected chi connectivity index (χ1v) is 8.75. The molecule has 3 nitrogen and oxygen atoms in total. The van der Waals surface area contributed by atoms with E-state index < -0.39 is 0 Å². The Morgan fingerprint density at radius 2 is 1.42 bits per heavy atom. The van der Waals surface area contributed by atoms with E-state index in [9.17, 15) is 0 Å². The summed E-state index contributed by atoms with van der Waals surface area (Å²) in [7, 11) is 2.04. The second-order valence-corrected chi connectivity index (χ2v) is 7.11. The van der Waals surface area contributed by atoms with Crippen LogP contribution in [0.15, 0.2) is 53.8 Å². The molecule has 124 valence electrons. The van der Waals surface area contributed by atoms with E-state index in [4.69, 9.17) is 5.22 Å². The van der Waals surface area contributed by atoms with E-state index in [1.807, 2.05) is 11.7 Å². The van der Waals surface area contributed by atoms with Gasteiger partial charge in [0.25, 0.3) is 23.2 Å². The van der Waals surface area contributed by atoms with Crippen molar-refractivity contribution in [1.29, 1.82) is 0 Å². The molecule has 2 aromatic carbocycles. The van der Waals surface area contributed by atoms with Crippen LogP contribution in [0, 0.1) is 0 Å². The number of nitrogens with zero attached hydrogens (tertiary/aromatic N) is 3. The maximum atomic E-state index is 4.81. The van der Waals surface area contributed by atoms with Crippen molar-refractivity contribution in [3.63, 3.8) is 0 Å². The van der Waals surface area contributed by atoms with Crippen molar-refractivity contribution in [2.24, 2.45) is 5.22 Å². The minimum atomic E-state index is 0.173. The molecule has 0 fully saturated rings. The molecule has 1 unspecified atom stereocenters. The first-order valence-electron chi connectivity index (χ1n) is 8.75. The van der Waals surface area contributed by atoms with E-state index in [1.165, 1.54) is 22.4 Å². The van der Waals surface area contributed by atoms with Crippen LogP contribution in [0.1, 0.15) is 62.3 Å². The fourth-order valence-electron chi connectivity index (χ4n) is 3.32. The lowest BCUT2D eigenvalue weighted by Gasteiger charge is -2.12. The van der Waals surface area contributed by atoms with E-state index in [1.54, 1.807) is 0 Å². The third-order valence-corrected chi connectivity index (χ3v) is 4.64. The molecule has 0 saturated heterocycles. The Labute approximate surface area is 144 Å². The average Bonchev–Trinajstić information content (AvgIpc) is 2.96. The molecule has 24 heavy (non-hydrogen) atoms. The van der Waals surface area contributed by atoms with E-state index >= 15 is 0 Å². The van der Waals surface area contributed by atoms with Gasteiger partial charge in [-0.25, -0.2) is 0 Å². The van der Waals surface area contributed by atoms with Crippen molar-refractivity contribution < 1.29 is 9.38 Å². The Bertz CT molecular complexity index is 760. The van der Waals surface area contributed by atoms with Crippen LogP contribution < -0.4 is 0 Å². The van der Waals surface area contributed by atoms with Gasteiger partial charge in [0.05, 0.1) is 0 Å². The third-order valence-electron chi connectivity index (χ3n) is 4.64. The summed E-state index contributed by atoms with van der Waals surface area (Å²) in [5.74, 6) is 0.923. The summed E-state index contributed by atoms with van der Waals surface area (Å²) in [6, 6.07) is 17.3. The van der Waals surface area contributed by atoms with Gasteiger partial charge in [-0.1, -0.05) is 80.9 Å². The summed E-state index contributed by atoms with van der Waals surface area (Å²) < 4.78 is 4.12. The zero-order valence-corrected chi connectivity index (χ0v) is 15.3. The monoisotopic (exact) mass is 321 g/mol. The summed E-state index contributed by atoms with van der Waals surface area (Å²) in [5, 5.41) is 4.81. The van der Waals surface area contributed by atoms with Crippen LogP contribution >= 0.6 is 0 Å². The maximum Gasteiger partial charge on any atom is 0.287 e. The number of para-hydroxylation sites is 1. The highest BCUT2D eigenvalue weighted by Gasteiger charge is 2.37. The second-order valence-electron chi connectivity index (χ2n) is 7.11. The molecule has 0 radical (unpaired) electrons.